The first-order valence-electron chi connectivity index (χ1n) is 2.36. The second-order valence-electron chi connectivity index (χ2n) is 2.59. The van der Waals surface area contributed by atoms with E-state index in [4.69, 9.17) is 0 Å². The Balaban J connectivity index is 3.62. The van der Waals surface area contributed by atoms with Crippen LogP contribution in [0, 0.1) is 0 Å². The number of hydrogen-bond donors (Lipinski definition) is 0. The first kappa shape index (κ1) is 8.87. The van der Waals surface area contributed by atoms with Crippen LogP contribution in [0.3, 0.4) is 0 Å². The van der Waals surface area contributed by atoms with E-state index in [0.717, 1.165) is 0 Å². The Morgan fingerprint density at radius 1 is 1.50 bits per heavy atom. The lowest BCUT2D eigenvalue weighted by molar-refractivity contribution is 0.387. The summed E-state index contributed by atoms with van der Waals surface area (Å²) in [5, 5.41) is 0. The average molecular weight is 207 g/mol. The highest BCUT2D eigenvalue weighted by Crippen LogP contribution is 2.08. The van der Waals surface area contributed by atoms with Crippen molar-refractivity contribution in [3.05, 3.63) is 0 Å². The predicted octanol–water partition coefficient (Wildman–Crippen LogP) is 1.10. The summed E-state index contributed by atoms with van der Waals surface area (Å²) >= 11 is 3.36. The standard InChI is InChI=1S/C4H9BrNSi2/c1-4(2,3)6(7)8-5/h1-3H3. The molecular weight excluding hydrogens is 198 g/mol. The van der Waals surface area contributed by atoms with Gasteiger partial charge in [-0.1, -0.05) is 0 Å². The summed E-state index contributed by atoms with van der Waals surface area (Å²) in [5.74, 6) is 0. The summed E-state index contributed by atoms with van der Waals surface area (Å²) in [7, 11) is 4.09. The third kappa shape index (κ3) is 3.01. The molecule has 0 spiro atoms. The van der Waals surface area contributed by atoms with Gasteiger partial charge in [-0.15, -0.1) is 15.3 Å². The number of nitrogens with zero attached hydrogens (tertiary/aromatic N) is 1. The average Bonchev–Trinajstić information content (AvgIpc) is 1.62. The molecule has 0 unspecified atom stereocenters. The SMILES string of the molecule is CC(C)(C)N([Si])[Si]Br. The number of halogens is 1. The minimum absolute atomic E-state index is 0.221. The fourth-order valence-corrected chi connectivity index (χ4v) is 1.98. The molecule has 0 heterocycles. The van der Waals surface area contributed by atoms with E-state index in [1.54, 1.807) is 0 Å². The van der Waals surface area contributed by atoms with E-state index in [2.05, 4.69) is 50.7 Å². The Hall–Kier alpha value is 0.874. The van der Waals surface area contributed by atoms with Gasteiger partial charge in [0.1, 0.15) is 10.4 Å². The molecule has 0 amide bonds. The molecule has 8 heavy (non-hydrogen) atoms. The highest BCUT2D eigenvalue weighted by atomic mass is 79.9. The van der Waals surface area contributed by atoms with Crippen molar-refractivity contribution < 1.29 is 0 Å². The molecule has 1 nitrogen and oxygen atoms in total. The van der Waals surface area contributed by atoms with Crippen LogP contribution < -0.4 is 0 Å². The number of hydrogen-bond acceptors (Lipinski definition) is 1. The van der Waals surface area contributed by atoms with Crippen LogP contribution in [0.1, 0.15) is 20.8 Å². The smallest absolute Gasteiger partial charge is 0.230 e. The van der Waals surface area contributed by atoms with Crippen molar-refractivity contribution in [3.63, 3.8) is 0 Å². The van der Waals surface area contributed by atoms with Crippen molar-refractivity contribution in [2.75, 3.05) is 0 Å². The fourth-order valence-electron chi connectivity index (χ4n) is 0.127. The lowest BCUT2D eigenvalue weighted by Gasteiger charge is -2.29. The summed E-state index contributed by atoms with van der Waals surface area (Å²) in [6, 6.07) is 0. The summed E-state index contributed by atoms with van der Waals surface area (Å²) in [6.07, 6.45) is 0. The second kappa shape index (κ2) is 3.15. The van der Waals surface area contributed by atoms with Gasteiger partial charge in [-0.2, -0.15) is 0 Å². The van der Waals surface area contributed by atoms with Gasteiger partial charge in [0.05, 0.1) is 0 Å². The minimum atomic E-state index is 0.221. The van der Waals surface area contributed by atoms with Crippen LogP contribution >= 0.6 is 15.3 Å². The van der Waals surface area contributed by atoms with Crippen molar-refractivity contribution in [2.24, 2.45) is 0 Å². The molecule has 0 aliphatic rings. The van der Waals surface area contributed by atoms with Crippen molar-refractivity contribution in [1.82, 2.24) is 4.23 Å². The van der Waals surface area contributed by atoms with Crippen molar-refractivity contribution in [2.45, 2.75) is 26.3 Å². The zero-order chi connectivity index (χ0) is 6.78. The molecule has 0 aliphatic carbocycles. The Labute approximate surface area is 64.8 Å². The van der Waals surface area contributed by atoms with E-state index < -0.39 is 0 Å². The maximum atomic E-state index is 3.44. The lowest BCUT2D eigenvalue weighted by atomic mass is 10.1. The molecule has 0 aromatic heterocycles. The fraction of sp³-hybridized carbons (Fsp3) is 1.00. The Bertz CT molecular complexity index is 70.9. The quantitative estimate of drug-likeness (QED) is 0.459. The van der Waals surface area contributed by atoms with Crippen LogP contribution in [-0.2, 0) is 0 Å². The monoisotopic (exact) mass is 206 g/mol. The Kier molecular flexibility index (Phi) is 3.49. The van der Waals surface area contributed by atoms with Crippen molar-refractivity contribution in [3.8, 4) is 0 Å². The maximum Gasteiger partial charge on any atom is 0.230 e. The van der Waals surface area contributed by atoms with Gasteiger partial charge >= 0.3 is 0 Å². The first-order valence-corrected chi connectivity index (χ1v) is 6.01. The van der Waals surface area contributed by atoms with Gasteiger partial charge < -0.3 is 4.23 Å². The molecule has 0 saturated carbocycles. The van der Waals surface area contributed by atoms with Crippen LogP contribution in [0.15, 0.2) is 0 Å². The molecule has 0 aromatic rings. The lowest BCUT2D eigenvalue weighted by Crippen LogP contribution is -2.39. The van der Waals surface area contributed by atoms with Gasteiger partial charge in [0.15, 0.2) is 0 Å². The van der Waals surface area contributed by atoms with E-state index in [-0.39, 0.29) is 5.54 Å². The van der Waals surface area contributed by atoms with E-state index in [9.17, 15) is 0 Å². The van der Waals surface area contributed by atoms with Gasteiger partial charge in [-0.05, 0) is 26.3 Å². The first-order chi connectivity index (χ1) is 3.48. The molecule has 0 atom stereocenters. The summed E-state index contributed by atoms with van der Waals surface area (Å²) < 4.78 is 2.06. The van der Waals surface area contributed by atoms with Gasteiger partial charge in [0, 0.05) is 0 Å². The predicted molar refractivity (Wildman–Crippen MR) is 42.0 cm³/mol. The molecule has 45 valence electrons. The van der Waals surface area contributed by atoms with Gasteiger partial charge in [0.2, 0.25) is 8.30 Å². The van der Waals surface area contributed by atoms with Crippen molar-refractivity contribution >= 4 is 34.0 Å². The van der Waals surface area contributed by atoms with E-state index in [1.165, 1.54) is 0 Å². The molecule has 0 fully saturated rings. The van der Waals surface area contributed by atoms with Crippen LogP contribution in [0.25, 0.3) is 0 Å². The minimum Gasteiger partial charge on any atom is -0.337 e. The molecule has 0 rings (SSSR count). The van der Waals surface area contributed by atoms with Crippen LogP contribution in [-0.4, -0.2) is 28.5 Å². The van der Waals surface area contributed by atoms with Crippen LogP contribution in [0.2, 0.25) is 0 Å². The maximum absolute atomic E-state index is 3.44. The summed E-state index contributed by atoms with van der Waals surface area (Å²) in [6.45, 7) is 6.44. The van der Waals surface area contributed by atoms with Gasteiger partial charge in [-0.3, -0.25) is 0 Å². The normalized spacial score (nSPS) is 12.8. The largest absolute Gasteiger partial charge is 0.337 e. The molecule has 0 saturated heterocycles. The second-order valence-corrected chi connectivity index (χ2v) is 5.17. The van der Waals surface area contributed by atoms with E-state index >= 15 is 0 Å². The zero-order valence-electron chi connectivity index (χ0n) is 5.33. The molecule has 4 heteroatoms. The van der Waals surface area contributed by atoms with Crippen LogP contribution in [0.4, 0.5) is 0 Å². The van der Waals surface area contributed by atoms with Gasteiger partial charge in [-0.25, -0.2) is 0 Å². The zero-order valence-corrected chi connectivity index (χ0v) is 8.91. The molecule has 5 radical (unpaired) electrons. The molecule has 0 aliphatic heterocycles. The summed E-state index contributed by atoms with van der Waals surface area (Å²) in [4.78, 5) is 0. The summed E-state index contributed by atoms with van der Waals surface area (Å²) in [5.41, 5.74) is 0.221. The topological polar surface area (TPSA) is 3.24 Å². The molecule has 0 bridgehead atoms. The molecule has 0 aromatic carbocycles. The number of rotatable bonds is 1. The van der Waals surface area contributed by atoms with Crippen LogP contribution in [0.5, 0.6) is 0 Å². The highest BCUT2D eigenvalue weighted by molar-refractivity contribution is 9.23. The third-order valence-corrected chi connectivity index (χ3v) is 4.65. The molecule has 0 N–H and O–H groups in total. The van der Waals surface area contributed by atoms with E-state index in [0.29, 0.717) is 8.30 Å². The van der Waals surface area contributed by atoms with Crippen molar-refractivity contribution in [1.29, 1.82) is 0 Å². The Morgan fingerprint density at radius 3 is 1.88 bits per heavy atom. The van der Waals surface area contributed by atoms with Gasteiger partial charge in [0.25, 0.3) is 0 Å². The Morgan fingerprint density at radius 2 is 1.88 bits per heavy atom. The third-order valence-electron chi connectivity index (χ3n) is 0.755. The molecular formula is C4H9BrNSi2. The highest BCUT2D eigenvalue weighted by Gasteiger charge is 2.14. The van der Waals surface area contributed by atoms with E-state index in [1.807, 2.05) is 0 Å².